The van der Waals surface area contributed by atoms with Gasteiger partial charge in [-0.05, 0) is 30.7 Å². The lowest BCUT2D eigenvalue weighted by molar-refractivity contribution is -0.118. The number of rotatable bonds is 5. The molecule has 0 saturated carbocycles. The van der Waals surface area contributed by atoms with Crippen LogP contribution in [0, 0.1) is 17.1 Å². The van der Waals surface area contributed by atoms with Gasteiger partial charge in [-0.1, -0.05) is 0 Å². The summed E-state index contributed by atoms with van der Waals surface area (Å²) in [5.41, 5.74) is 6.00. The third-order valence-corrected chi connectivity index (χ3v) is 2.25. The van der Waals surface area contributed by atoms with Crippen molar-refractivity contribution in [3.8, 4) is 6.07 Å². The standard InChI is InChI=1S/C12H14FN3O/c1-8(2-12(15)17)16-7-10-3-9(6-14)4-11(13)5-10/h3-5,8,16H,2,7H2,1H3,(H2,15,17). The molecule has 0 aromatic heterocycles. The molecule has 0 aliphatic heterocycles. The molecule has 0 fully saturated rings. The second-order valence-electron chi connectivity index (χ2n) is 3.91. The van der Waals surface area contributed by atoms with Crippen molar-refractivity contribution >= 4 is 5.91 Å². The maximum absolute atomic E-state index is 13.1. The van der Waals surface area contributed by atoms with Gasteiger partial charge in [-0.25, -0.2) is 4.39 Å². The summed E-state index contributed by atoms with van der Waals surface area (Å²) in [5.74, 6) is -0.828. The Morgan fingerprint density at radius 3 is 2.88 bits per heavy atom. The minimum Gasteiger partial charge on any atom is -0.370 e. The third-order valence-electron chi connectivity index (χ3n) is 2.25. The number of nitrogens with zero attached hydrogens (tertiary/aromatic N) is 1. The Hall–Kier alpha value is -1.93. The molecule has 5 heteroatoms. The number of nitriles is 1. The zero-order valence-corrected chi connectivity index (χ0v) is 9.53. The number of nitrogens with one attached hydrogen (secondary N) is 1. The molecule has 0 bridgehead atoms. The zero-order chi connectivity index (χ0) is 12.8. The molecule has 3 N–H and O–H groups in total. The van der Waals surface area contributed by atoms with E-state index in [0.29, 0.717) is 12.1 Å². The average Bonchev–Trinajstić information content (AvgIpc) is 2.24. The van der Waals surface area contributed by atoms with Crippen molar-refractivity contribution in [2.24, 2.45) is 5.73 Å². The minimum atomic E-state index is -0.441. The van der Waals surface area contributed by atoms with Gasteiger partial charge in [0.05, 0.1) is 11.6 Å². The van der Waals surface area contributed by atoms with Crippen LogP contribution in [0.2, 0.25) is 0 Å². The average molecular weight is 235 g/mol. The van der Waals surface area contributed by atoms with E-state index in [0.717, 1.165) is 0 Å². The predicted molar refractivity (Wildman–Crippen MR) is 61.2 cm³/mol. The number of carbonyl (C=O) groups is 1. The molecule has 0 spiro atoms. The van der Waals surface area contributed by atoms with E-state index >= 15 is 0 Å². The highest BCUT2D eigenvalue weighted by Crippen LogP contribution is 2.08. The fraction of sp³-hybridized carbons (Fsp3) is 0.333. The van der Waals surface area contributed by atoms with Gasteiger partial charge in [-0.3, -0.25) is 4.79 Å². The first kappa shape index (κ1) is 13.1. The summed E-state index contributed by atoms with van der Waals surface area (Å²) >= 11 is 0. The molecule has 1 aromatic carbocycles. The summed E-state index contributed by atoms with van der Waals surface area (Å²) in [6.45, 7) is 2.20. The van der Waals surface area contributed by atoms with Gasteiger partial charge in [0.25, 0.3) is 0 Å². The molecule has 4 nitrogen and oxygen atoms in total. The van der Waals surface area contributed by atoms with Crippen LogP contribution in [-0.2, 0) is 11.3 Å². The summed E-state index contributed by atoms with van der Waals surface area (Å²) in [7, 11) is 0. The number of halogens is 1. The minimum absolute atomic E-state index is 0.0821. The number of benzene rings is 1. The van der Waals surface area contributed by atoms with Gasteiger partial charge >= 0.3 is 0 Å². The van der Waals surface area contributed by atoms with Crippen molar-refractivity contribution in [2.45, 2.75) is 25.9 Å². The lowest BCUT2D eigenvalue weighted by atomic mass is 10.1. The largest absolute Gasteiger partial charge is 0.370 e. The van der Waals surface area contributed by atoms with Crippen LogP contribution in [-0.4, -0.2) is 11.9 Å². The van der Waals surface area contributed by atoms with E-state index < -0.39 is 5.82 Å². The fourth-order valence-corrected chi connectivity index (χ4v) is 1.48. The van der Waals surface area contributed by atoms with Crippen LogP contribution >= 0.6 is 0 Å². The van der Waals surface area contributed by atoms with Crippen LogP contribution in [0.1, 0.15) is 24.5 Å². The predicted octanol–water partition coefficient (Wildman–Crippen LogP) is 1.05. The molecule has 0 aliphatic carbocycles. The Labute approximate surface area is 99.2 Å². The monoisotopic (exact) mass is 235 g/mol. The van der Waals surface area contributed by atoms with Crippen molar-refractivity contribution in [3.63, 3.8) is 0 Å². The lowest BCUT2D eigenvalue weighted by Crippen LogP contribution is -2.30. The molecule has 1 atom stereocenters. The van der Waals surface area contributed by atoms with E-state index in [1.807, 2.05) is 13.0 Å². The van der Waals surface area contributed by atoms with E-state index in [9.17, 15) is 9.18 Å². The van der Waals surface area contributed by atoms with Gasteiger partial charge in [0.1, 0.15) is 5.82 Å². The second-order valence-corrected chi connectivity index (χ2v) is 3.91. The molecule has 0 radical (unpaired) electrons. The van der Waals surface area contributed by atoms with Gasteiger partial charge in [-0.2, -0.15) is 5.26 Å². The highest BCUT2D eigenvalue weighted by Gasteiger charge is 2.06. The molecule has 1 unspecified atom stereocenters. The summed E-state index contributed by atoms with van der Waals surface area (Å²) < 4.78 is 13.1. The highest BCUT2D eigenvalue weighted by molar-refractivity contribution is 5.74. The topological polar surface area (TPSA) is 78.9 Å². The lowest BCUT2D eigenvalue weighted by Gasteiger charge is -2.12. The summed E-state index contributed by atoms with van der Waals surface area (Å²) in [6, 6.07) is 5.94. The molecule has 1 amide bonds. The first-order chi connectivity index (χ1) is 8.01. The van der Waals surface area contributed by atoms with Crippen molar-refractivity contribution in [1.82, 2.24) is 5.32 Å². The Morgan fingerprint density at radius 1 is 1.59 bits per heavy atom. The first-order valence-electron chi connectivity index (χ1n) is 5.22. The molecule has 0 aliphatic rings. The quantitative estimate of drug-likeness (QED) is 0.800. The summed E-state index contributed by atoms with van der Waals surface area (Å²) in [5, 5.41) is 11.7. The maximum Gasteiger partial charge on any atom is 0.218 e. The third kappa shape index (κ3) is 4.62. The molecule has 1 rings (SSSR count). The van der Waals surface area contributed by atoms with Gasteiger partial charge in [0.15, 0.2) is 0 Å². The van der Waals surface area contributed by atoms with Crippen molar-refractivity contribution in [2.75, 3.05) is 0 Å². The Balaban J connectivity index is 2.60. The van der Waals surface area contributed by atoms with Crippen LogP contribution in [0.4, 0.5) is 4.39 Å². The Morgan fingerprint density at radius 2 is 2.29 bits per heavy atom. The number of primary amides is 1. The van der Waals surface area contributed by atoms with E-state index in [1.165, 1.54) is 12.1 Å². The Kier molecular flexibility index (Phi) is 4.61. The fourth-order valence-electron chi connectivity index (χ4n) is 1.48. The van der Waals surface area contributed by atoms with Crippen LogP contribution in [0.5, 0.6) is 0 Å². The van der Waals surface area contributed by atoms with Crippen molar-refractivity contribution < 1.29 is 9.18 Å². The van der Waals surface area contributed by atoms with Gasteiger partial charge in [-0.15, -0.1) is 0 Å². The van der Waals surface area contributed by atoms with Crippen LogP contribution < -0.4 is 11.1 Å². The molecular formula is C12H14FN3O. The molecular weight excluding hydrogens is 221 g/mol. The van der Waals surface area contributed by atoms with E-state index in [1.54, 1.807) is 6.07 Å². The highest BCUT2D eigenvalue weighted by atomic mass is 19.1. The van der Waals surface area contributed by atoms with Crippen LogP contribution in [0.3, 0.4) is 0 Å². The zero-order valence-electron chi connectivity index (χ0n) is 9.53. The van der Waals surface area contributed by atoms with Crippen LogP contribution in [0.25, 0.3) is 0 Å². The number of hydrogen-bond acceptors (Lipinski definition) is 3. The van der Waals surface area contributed by atoms with Gasteiger partial charge in [0.2, 0.25) is 5.91 Å². The van der Waals surface area contributed by atoms with E-state index in [4.69, 9.17) is 11.0 Å². The number of carbonyl (C=O) groups excluding carboxylic acids is 1. The van der Waals surface area contributed by atoms with Crippen LogP contribution in [0.15, 0.2) is 18.2 Å². The summed E-state index contributed by atoms with van der Waals surface area (Å²) in [4.78, 5) is 10.7. The molecule has 1 aromatic rings. The molecule has 17 heavy (non-hydrogen) atoms. The maximum atomic E-state index is 13.1. The number of amides is 1. The van der Waals surface area contributed by atoms with E-state index in [-0.39, 0.29) is 23.9 Å². The van der Waals surface area contributed by atoms with Crippen molar-refractivity contribution in [3.05, 3.63) is 35.1 Å². The second kappa shape index (κ2) is 5.97. The SMILES string of the molecule is CC(CC(N)=O)NCc1cc(F)cc(C#N)c1. The van der Waals surface area contributed by atoms with Gasteiger partial charge in [0, 0.05) is 19.0 Å². The Bertz CT molecular complexity index is 454. The first-order valence-corrected chi connectivity index (χ1v) is 5.22. The van der Waals surface area contributed by atoms with Crippen molar-refractivity contribution in [1.29, 1.82) is 5.26 Å². The normalized spacial score (nSPS) is 11.8. The molecule has 0 saturated heterocycles. The van der Waals surface area contributed by atoms with Gasteiger partial charge < -0.3 is 11.1 Å². The molecule has 0 heterocycles. The van der Waals surface area contributed by atoms with E-state index in [2.05, 4.69) is 5.32 Å². The number of hydrogen-bond donors (Lipinski definition) is 2. The molecule has 90 valence electrons. The summed E-state index contributed by atoms with van der Waals surface area (Å²) in [6.07, 6.45) is 0.223. The smallest absolute Gasteiger partial charge is 0.218 e. The number of nitrogens with two attached hydrogens (primary N) is 1.